The van der Waals surface area contributed by atoms with E-state index in [4.69, 9.17) is 4.74 Å². The van der Waals surface area contributed by atoms with Gasteiger partial charge >= 0.3 is 0 Å². The second-order valence-electron chi connectivity index (χ2n) is 6.05. The van der Waals surface area contributed by atoms with E-state index in [1.54, 1.807) is 30.2 Å². The third-order valence-electron chi connectivity index (χ3n) is 4.18. The molecule has 136 valence electrons. The Labute approximate surface area is 154 Å². The number of rotatable bonds is 9. The van der Waals surface area contributed by atoms with Crippen LogP contribution < -0.4 is 10.9 Å². The molecule has 25 heavy (non-hydrogen) atoms. The van der Waals surface area contributed by atoms with Crippen molar-refractivity contribution in [1.82, 2.24) is 15.3 Å². The normalized spacial score (nSPS) is 13.3. The summed E-state index contributed by atoms with van der Waals surface area (Å²) in [5.74, 6) is 2.07. The van der Waals surface area contributed by atoms with E-state index in [0.717, 1.165) is 35.9 Å². The number of nitrogens with one attached hydrogen (secondary N) is 2. The van der Waals surface area contributed by atoms with Gasteiger partial charge in [0.15, 0.2) is 0 Å². The van der Waals surface area contributed by atoms with Crippen LogP contribution in [0.2, 0.25) is 0 Å². The standard InChI is InChI=1S/C17H23N3O3S2/c1-23-8-3-7-18-14(21)6-9-24-10-13-19-16(22)15-11-4-2-5-12(11)25-17(15)20-13/h2-10H2,1H3,(H,18,21)(H,19,20,22). The van der Waals surface area contributed by atoms with Gasteiger partial charge in [0.05, 0.1) is 11.1 Å². The lowest BCUT2D eigenvalue weighted by Gasteiger charge is -2.05. The first-order valence-corrected chi connectivity index (χ1v) is 10.5. The molecule has 0 bridgehead atoms. The molecule has 2 heterocycles. The molecule has 1 amide bonds. The van der Waals surface area contributed by atoms with E-state index in [-0.39, 0.29) is 11.5 Å². The van der Waals surface area contributed by atoms with E-state index in [0.29, 0.717) is 36.9 Å². The Balaban J connectivity index is 1.47. The molecule has 3 rings (SSSR count). The van der Waals surface area contributed by atoms with Gasteiger partial charge in [0.25, 0.3) is 5.56 Å². The third-order valence-corrected chi connectivity index (χ3v) is 6.34. The molecule has 0 aromatic carbocycles. The molecule has 0 saturated carbocycles. The van der Waals surface area contributed by atoms with E-state index in [1.807, 2.05) is 0 Å². The van der Waals surface area contributed by atoms with Crippen LogP contribution in [0.15, 0.2) is 4.79 Å². The molecule has 6 nitrogen and oxygen atoms in total. The van der Waals surface area contributed by atoms with Crippen LogP contribution in [0.1, 0.15) is 35.5 Å². The fourth-order valence-corrected chi connectivity index (χ4v) is 5.07. The first-order chi connectivity index (χ1) is 12.2. The lowest BCUT2D eigenvalue weighted by Crippen LogP contribution is -2.25. The largest absolute Gasteiger partial charge is 0.385 e. The van der Waals surface area contributed by atoms with Gasteiger partial charge in [-0.25, -0.2) is 4.98 Å². The Morgan fingerprint density at radius 1 is 1.44 bits per heavy atom. The summed E-state index contributed by atoms with van der Waals surface area (Å²) in [6, 6.07) is 0. The zero-order valence-corrected chi connectivity index (χ0v) is 16.0. The SMILES string of the molecule is COCCCNC(=O)CCSCc1nc2sc3c(c2c(=O)[nH]1)CCC3. The van der Waals surface area contributed by atoms with Gasteiger partial charge in [0.1, 0.15) is 10.7 Å². The molecule has 0 spiro atoms. The topological polar surface area (TPSA) is 84.1 Å². The van der Waals surface area contributed by atoms with Crippen LogP contribution in [-0.2, 0) is 28.1 Å². The molecule has 2 aromatic heterocycles. The molecular weight excluding hydrogens is 358 g/mol. The van der Waals surface area contributed by atoms with Gasteiger partial charge in [0.2, 0.25) is 5.91 Å². The quantitative estimate of drug-likeness (QED) is 0.651. The lowest BCUT2D eigenvalue weighted by atomic mass is 10.2. The van der Waals surface area contributed by atoms with Crippen LogP contribution >= 0.6 is 23.1 Å². The van der Waals surface area contributed by atoms with Crippen molar-refractivity contribution in [3.8, 4) is 0 Å². The number of ether oxygens (including phenoxy) is 1. The van der Waals surface area contributed by atoms with E-state index in [2.05, 4.69) is 15.3 Å². The van der Waals surface area contributed by atoms with Gasteiger partial charge in [-0.1, -0.05) is 0 Å². The summed E-state index contributed by atoms with van der Waals surface area (Å²) in [4.78, 5) is 33.8. The second-order valence-corrected chi connectivity index (χ2v) is 8.24. The van der Waals surface area contributed by atoms with Gasteiger partial charge in [-0.15, -0.1) is 11.3 Å². The van der Waals surface area contributed by atoms with Crippen molar-refractivity contribution in [2.45, 2.75) is 37.9 Å². The van der Waals surface area contributed by atoms with Gasteiger partial charge < -0.3 is 15.0 Å². The number of amides is 1. The van der Waals surface area contributed by atoms with Gasteiger partial charge in [-0.2, -0.15) is 11.8 Å². The molecule has 0 radical (unpaired) electrons. The number of hydrogen-bond donors (Lipinski definition) is 2. The Morgan fingerprint density at radius 3 is 3.16 bits per heavy atom. The van der Waals surface area contributed by atoms with Crippen molar-refractivity contribution < 1.29 is 9.53 Å². The molecule has 1 aliphatic carbocycles. The molecule has 2 N–H and O–H groups in total. The number of aromatic amines is 1. The van der Waals surface area contributed by atoms with E-state index in [9.17, 15) is 9.59 Å². The lowest BCUT2D eigenvalue weighted by molar-refractivity contribution is -0.120. The number of carbonyl (C=O) groups excluding carboxylic acids is 1. The highest BCUT2D eigenvalue weighted by atomic mass is 32.2. The Hall–Kier alpha value is -1.38. The molecule has 0 aliphatic heterocycles. The Bertz CT molecular complexity index is 800. The minimum absolute atomic E-state index is 0.0177. The van der Waals surface area contributed by atoms with Gasteiger partial charge in [-0.3, -0.25) is 9.59 Å². The van der Waals surface area contributed by atoms with Crippen molar-refractivity contribution in [1.29, 1.82) is 0 Å². The second kappa shape index (κ2) is 8.82. The number of aromatic nitrogens is 2. The van der Waals surface area contributed by atoms with Crippen molar-refractivity contribution in [2.24, 2.45) is 0 Å². The number of methoxy groups -OCH3 is 1. The predicted octanol–water partition coefficient (Wildman–Crippen LogP) is 2.25. The average Bonchev–Trinajstić information content (AvgIpc) is 3.16. The van der Waals surface area contributed by atoms with Gasteiger partial charge in [-0.05, 0) is 31.2 Å². The number of fused-ring (bicyclic) bond motifs is 3. The van der Waals surface area contributed by atoms with E-state index < -0.39 is 0 Å². The summed E-state index contributed by atoms with van der Waals surface area (Å²) in [5, 5.41) is 3.66. The highest BCUT2D eigenvalue weighted by molar-refractivity contribution is 7.98. The molecule has 2 aromatic rings. The minimum atomic E-state index is -0.0177. The fraction of sp³-hybridized carbons (Fsp3) is 0.588. The number of thiophene rings is 1. The van der Waals surface area contributed by atoms with Crippen LogP contribution in [0.3, 0.4) is 0 Å². The number of hydrogen-bond acceptors (Lipinski definition) is 6. The van der Waals surface area contributed by atoms with E-state index in [1.165, 1.54) is 10.4 Å². The maximum Gasteiger partial charge on any atom is 0.259 e. The number of thioether (sulfide) groups is 1. The Kier molecular flexibility index (Phi) is 6.50. The highest BCUT2D eigenvalue weighted by Gasteiger charge is 2.20. The van der Waals surface area contributed by atoms with Crippen molar-refractivity contribution >= 4 is 39.2 Å². The Morgan fingerprint density at radius 2 is 2.32 bits per heavy atom. The van der Waals surface area contributed by atoms with Crippen LogP contribution in [0.5, 0.6) is 0 Å². The number of H-pyrrole nitrogens is 1. The fourth-order valence-electron chi connectivity index (χ4n) is 2.98. The van der Waals surface area contributed by atoms with E-state index >= 15 is 0 Å². The van der Waals surface area contributed by atoms with Crippen molar-refractivity contribution in [3.63, 3.8) is 0 Å². The number of nitrogens with zero attached hydrogens (tertiary/aromatic N) is 1. The van der Waals surface area contributed by atoms with Crippen molar-refractivity contribution in [3.05, 3.63) is 26.6 Å². The summed E-state index contributed by atoms with van der Waals surface area (Å²) in [7, 11) is 1.65. The van der Waals surface area contributed by atoms with Gasteiger partial charge in [0, 0.05) is 37.3 Å². The minimum Gasteiger partial charge on any atom is -0.385 e. The summed E-state index contributed by atoms with van der Waals surface area (Å²) < 4.78 is 4.94. The third kappa shape index (κ3) is 4.62. The summed E-state index contributed by atoms with van der Waals surface area (Å²) in [6.45, 7) is 1.30. The first-order valence-electron chi connectivity index (χ1n) is 8.56. The molecule has 1 aliphatic rings. The molecule has 0 atom stereocenters. The van der Waals surface area contributed by atoms with Crippen molar-refractivity contribution in [2.75, 3.05) is 26.0 Å². The van der Waals surface area contributed by atoms with Crippen LogP contribution in [0.25, 0.3) is 10.2 Å². The predicted molar refractivity (Wildman–Crippen MR) is 103 cm³/mol. The summed E-state index contributed by atoms with van der Waals surface area (Å²) in [5.41, 5.74) is 1.19. The molecule has 0 fully saturated rings. The molecule has 0 saturated heterocycles. The zero-order chi connectivity index (χ0) is 17.6. The summed E-state index contributed by atoms with van der Waals surface area (Å²) >= 11 is 3.27. The smallest absolute Gasteiger partial charge is 0.259 e. The molecular formula is C17H23N3O3S2. The molecule has 8 heteroatoms. The van der Waals surface area contributed by atoms with Crippen LogP contribution in [0.4, 0.5) is 0 Å². The monoisotopic (exact) mass is 381 g/mol. The first kappa shape index (κ1) is 18.4. The van der Waals surface area contributed by atoms with Crippen LogP contribution in [-0.4, -0.2) is 41.9 Å². The average molecular weight is 382 g/mol. The molecule has 0 unspecified atom stereocenters. The maximum atomic E-state index is 12.4. The number of aryl methyl sites for hydroxylation is 2. The summed E-state index contributed by atoms with van der Waals surface area (Å²) in [6.07, 6.45) is 4.50. The number of carbonyl (C=O) groups is 1. The van der Waals surface area contributed by atoms with Crippen LogP contribution in [0, 0.1) is 0 Å². The highest BCUT2D eigenvalue weighted by Crippen LogP contribution is 2.34. The maximum absolute atomic E-state index is 12.4. The zero-order valence-electron chi connectivity index (χ0n) is 14.4.